The Kier molecular flexibility index (Phi) is 6.92. The van der Waals surface area contributed by atoms with Gasteiger partial charge in [0.05, 0.1) is 12.5 Å². The van der Waals surface area contributed by atoms with Crippen molar-refractivity contribution >= 4 is 28.8 Å². The van der Waals surface area contributed by atoms with Crippen LogP contribution in [0.15, 0.2) is 33.5 Å². The van der Waals surface area contributed by atoms with Gasteiger partial charge in [-0.25, -0.2) is 9.59 Å². The fraction of sp³-hybridized carbons (Fsp3) is 0.400. The van der Waals surface area contributed by atoms with Crippen molar-refractivity contribution in [2.24, 2.45) is 5.92 Å². The van der Waals surface area contributed by atoms with Crippen LogP contribution in [-0.4, -0.2) is 37.6 Å². The van der Waals surface area contributed by atoms with Crippen LogP contribution in [0.1, 0.15) is 36.4 Å². The molecule has 8 nitrogen and oxygen atoms in total. The zero-order valence-corrected chi connectivity index (χ0v) is 16.2. The second-order valence-corrected chi connectivity index (χ2v) is 6.50. The minimum absolute atomic E-state index is 0.158. The molecule has 0 radical (unpaired) electrons. The zero-order chi connectivity index (χ0) is 20.8. The molecule has 0 saturated heterocycles. The standard InChI is InChI=1S/C20H23NO7/c1-5-12(3)18(20(25)26-4)21-17(23)10-27-19(24)16-9-14(22)13-8-11(2)6-7-15(13)28-16/h6-9,12,18H,5,10H2,1-4H3,(H,21,23)/t12-,18+/m0/s1. The zero-order valence-electron chi connectivity index (χ0n) is 16.2. The molecule has 1 heterocycles. The van der Waals surface area contributed by atoms with E-state index in [2.05, 4.69) is 10.1 Å². The van der Waals surface area contributed by atoms with E-state index in [0.717, 1.165) is 11.6 Å². The molecule has 0 spiro atoms. The Bertz CT molecular complexity index is 947. The van der Waals surface area contributed by atoms with Gasteiger partial charge in [-0.1, -0.05) is 31.9 Å². The van der Waals surface area contributed by atoms with Gasteiger partial charge >= 0.3 is 11.9 Å². The molecule has 1 amide bonds. The lowest BCUT2D eigenvalue weighted by atomic mass is 9.99. The summed E-state index contributed by atoms with van der Waals surface area (Å²) in [6.07, 6.45) is 0.640. The monoisotopic (exact) mass is 389 g/mol. The van der Waals surface area contributed by atoms with Crippen molar-refractivity contribution < 1.29 is 28.3 Å². The number of fused-ring (bicyclic) bond motifs is 1. The van der Waals surface area contributed by atoms with Crippen LogP contribution in [-0.2, 0) is 19.1 Å². The first-order chi connectivity index (χ1) is 13.3. The normalized spacial score (nSPS) is 12.9. The number of carbonyl (C=O) groups is 3. The Morgan fingerprint density at radius 1 is 1.21 bits per heavy atom. The van der Waals surface area contributed by atoms with Crippen LogP contribution in [0.3, 0.4) is 0 Å². The van der Waals surface area contributed by atoms with E-state index in [1.807, 2.05) is 13.8 Å². The Morgan fingerprint density at radius 2 is 1.93 bits per heavy atom. The molecule has 2 atom stereocenters. The molecular weight excluding hydrogens is 366 g/mol. The summed E-state index contributed by atoms with van der Waals surface area (Å²) in [4.78, 5) is 48.2. The first-order valence-electron chi connectivity index (χ1n) is 8.85. The maximum absolute atomic E-state index is 12.2. The third-order valence-electron chi connectivity index (χ3n) is 4.40. The molecule has 8 heteroatoms. The van der Waals surface area contributed by atoms with Crippen molar-refractivity contribution in [2.75, 3.05) is 13.7 Å². The fourth-order valence-electron chi connectivity index (χ4n) is 2.58. The minimum atomic E-state index is -0.951. The van der Waals surface area contributed by atoms with Crippen LogP contribution in [0.2, 0.25) is 0 Å². The number of aryl methyl sites for hydroxylation is 1. The van der Waals surface area contributed by atoms with Crippen molar-refractivity contribution in [3.8, 4) is 0 Å². The van der Waals surface area contributed by atoms with Gasteiger partial charge in [0.15, 0.2) is 12.0 Å². The van der Waals surface area contributed by atoms with E-state index in [4.69, 9.17) is 9.15 Å². The second kappa shape index (κ2) is 9.16. The third-order valence-corrected chi connectivity index (χ3v) is 4.40. The molecule has 2 rings (SSSR count). The highest BCUT2D eigenvalue weighted by atomic mass is 16.5. The number of benzene rings is 1. The lowest BCUT2D eigenvalue weighted by Gasteiger charge is -2.21. The largest absolute Gasteiger partial charge is 0.467 e. The summed E-state index contributed by atoms with van der Waals surface area (Å²) in [7, 11) is 1.23. The highest BCUT2D eigenvalue weighted by molar-refractivity contribution is 5.91. The average Bonchev–Trinajstić information content (AvgIpc) is 2.69. The molecular formula is C20H23NO7. The summed E-state index contributed by atoms with van der Waals surface area (Å²) in [6, 6.07) is 5.17. The van der Waals surface area contributed by atoms with E-state index >= 15 is 0 Å². The molecule has 0 saturated carbocycles. The van der Waals surface area contributed by atoms with Crippen LogP contribution in [0.5, 0.6) is 0 Å². The van der Waals surface area contributed by atoms with Crippen LogP contribution >= 0.6 is 0 Å². The van der Waals surface area contributed by atoms with Crippen LogP contribution < -0.4 is 10.7 Å². The summed E-state index contributed by atoms with van der Waals surface area (Å²) < 4.78 is 15.0. The van der Waals surface area contributed by atoms with E-state index < -0.39 is 30.5 Å². The molecule has 2 aromatic rings. The van der Waals surface area contributed by atoms with Gasteiger partial charge in [-0.15, -0.1) is 0 Å². The third kappa shape index (κ3) is 4.97. The van der Waals surface area contributed by atoms with Crippen molar-refractivity contribution in [1.82, 2.24) is 5.32 Å². The van der Waals surface area contributed by atoms with E-state index in [1.54, 1.807) is 25.1 Å². The molecule has 0 bridgehead atoms. The molecule has 1 aromatic carbocycles. The highest BCUT2D eigenvalue weighted by Gasteiger charge is 2.27. The van der Waals surface area contributed by atoms with Gasteiger partial charge in [-0.3, -0.25) is 9.59 Å². The Hall–Kier alpha value is -3.16. The fourth-order valence-corrected chi connectivity index (χ4v) is 2.58. The van der Waals surface area contributed by atoms with E-state index in [0.29, 0.717) is 11.8 Å². The topological polar surface area (TPSA) is 112 Å². The molecule has 0 aliphatic heterocycles. The molecule has 0 aliphatic rings. The number of ether oxygens (including phenoxy) is 2. The van der Waals surface area contributed by atoms with Gasteiger partial charge in [0, 0.05) is 6.07 Å². The summed E-state index contributed by atoms with van der Waals surface area (Å²) in [5, 5.41) is 2.84. The number of methoxy groups -OCH3 is 1. The minimum Gasteiger partial charge on any atom is -0.467 e. The molecule has 0 fully saturated rings. The van der Waals surface area contributed by atoms with Crippen molar-refractivity contribution in [1.29, 1.82) is 0 Å². The smallest absolute Gasteiger partial charge is 0.374 e. The van der Waals surface area contributed by atoms with Gasteiger partial charge in [-0.05, 0) is 25.0 Å². The summed E-state index contributed by atoms with van der Waals surface area (Å²) in [5.74, 6) is -2.66. The number of hydrogen-bond acceptors (Lipinski definition) is 7. The maximum Gasteiger partial charge on any atom is 0.374 e. The number of hydrogen-bond donors (Lipinski definition) is 1. The van der Waals surface area contributed by atoms with Gasteiger partial charge in [-0.2, -0.15) is 0 Å². The quantitative estimate of drug-likeness (QED) is 0.721. The molecule has 1 N–H and O–H groups in total. The average molecular weight is 389 g/mol. The van der Waals surface area contributed by atoms with Gasteiger partial charge in [0.2, 0.25) is 5.76 Å². The Balaban J connectivity index is 2.06. The SMILES string of the molecule is CC[C@H](C)[C@@H](NC(=O)COC(=O)c1cc(=O)c2cc(C)ccc2o1)C(=O)OC. The van der Waals surface area contributed by atoms with Gasteiger partial charge < -0.3 is 19.2 Å². The van der Waals surface area contributed by atoms with Gasteiger partial charge in [0.25, 0.3) is 5.91 Å². The van der Waals surface area contributed by atoms with Crippen LogP contribution in [0, 0.1) is 12.8 Å². The van der Waals surface area contributed by atoms with Crippen LogP contribution in [0.25, 0.3) is 11.0 Å². The predicted octanol–water partition coefficient (Wildman–Crippen LogP) is 1.96. The summed E-state index contributed by atoms with van der Waals surface area (Å²) in [5.41, 5.74) is 0.745. The molecule has 0 aliphatic carbocycles. The highest BCUT2D eigenvalue weighted by Crippen LogP contribution is 2.15. The lowest BCUT2D eigenvalue weighted by molar-refractivity contribution is -0.147. The molecule has 0 unspecified atom stereocenters. The van der Waals surface area contributed by atoms with E-state index in [9.17, 15) is 19.2 Å². The lowest BCUT2D eigenvalue weighted by Crippen LogP contribution is -2.47. The van der Waals surface area contributed by atoms with Crippen molar-refractivity contribution in [3.05, 3.63) is 45.8 Å². The van der Waals surface area contributed by atoms with Crippen molar-refractivity contribution in [3.63, 3.8) is 0 Å². The predicted molar refractivity (Wildman–Crippen MR) is 101 cm³/mol. The number of rotatable bonds is 7. The molecule has 28 heavy (non-hydrogen) atoms. The first-order valence-corrected chi connectivity index (χ1v) is 8.85. The van der Waals surface area contributed by atoms with Crippen molar-refractivity contribution in [2.45, 2.75) is 33.2 Å². The Labute approximate surface area is 161 Å². The van der Waals surface area contributed by atoms with E-state index in [-0.39, 0.29) is 22.7 Å². The van der Waals surface area contributed by atoms with Gasteiger partial charge in [0.1, 0.15) is 11.6 Å². The Morgan fingerprint density at radius 3 is 2.57 bits per heavy atom. The second-order valence-electron chi connectivity index (χ2n) is 6.50. The number of carbonyl (C=O) groups excluding carboxylic acids is 3. The first kappa shape index (κ1) is 21.1. The van der Waals surface area contributed by atoms with Crippen LogP contribution in [0.4, 0.5) is 0 Å². The van der Waals surface area contributed by atoms with E-state index in [1.165, 1.54) is 7.11 Å². The maximum atomic E-state index is 12.2. The number of amides is 1. The molecule has 150 valence electrons. The number of nitrogens with one attached hydrogen (secondary N) is 1. The molecule has 1 aromatic heterocycles. The summed E-state index contributed by atoms with van der Waals surface area (Å²) >= 11 is 0. The summed E-state index contributed by atoms with van der Waals surface area (Å²) in [6.45, 7) is 4.87. The number of esters is 2.